The summed E-state index contributed by atoms with van der Waals surface area (Å²) in [6, 6.07) is 0. The minimum Gasteiger partial charge on any atom is -0.350 e. The van der Waals surface area contributed by atoms with Crippen LogP contribution in [0.1, 0.15) is 48.5 Å². The normalized spacial score (nSPS) is 12.4. The first-order valence-corrected chi connectivity index (χ1v) is 6.77. The van der Waals surface area contributed by atoms with Crippen molar-refractivity contribution in [1.82, 2.24) is 15.5 Å². The maximum absolute atomic E-state index is 11.8. The molecule has 0 unspecified atom stereocenters. The third kappa shape index (κ3) is 10.5. The molecule has 0 aliphatic rings. The van der Waals surface area contributed by atoms with Crippen LogP contribution in [0.2, 0.25) is 0 Å². The van der Waals surface area contributed by atoms with Crippen molar-refractivity contribution in [3.63, 3.8) is 0 Å². The summed E-state index contributed by atoms with van der Waals surface area (Å²) in [5.74, 6) is -0.115. The van der Waals surface area contributed by atoms with Gasteiger partial charge in [0.05, 0.1) is 13.1 Å². The average Bonchev–Trinajstić information content (AvgIpc) is 2.10. The van der Waals surface area contributed by atoms with Gasteiger partial charge < -0.3 is 10.6 Å². The maximum atomic E-state index is 11.8. The quantitative estimate of drug-likeness (QED) is 0.788. The molecular weight excluding hydrogens is 242 g/mol. The van der Waals surface area contributed by atoms with E-state index in [4.69, 9.17) is 0 Å². The molecule has 0 aromatic rings. The van der Waals surface area contributed by atoms with E-state index in [0.29, 0.717) is 6.54 Å². The molecule has 0 aromatic carbocycles. The van der Waals surface area contributed by atoms with Crippen molar-refractivity contribution in [2.24, 2.45) is 0 Å². The highest BCUT2D eigenvalue weighted by atomic mass is 16.2. The van der Waals surface area contributed by atoms with Crippen LogP contribution in [0.25, 0.3) is 0 Å². The van der Waals surface area contributed by atoms with E-state index >= 15 is 0 Å². The number of hydrogen-bond acceptors (Lipinski definition) is 3. The van der Waals surface area contributed by atoms with Crippen molar-refractivity contribution in [2.45, 2.75) is 59.5 Å². The number of carbonyl (C=O) groups is 2. The first kappa shape index (κ1) is 17.9. The van der Waals surface area contributed by atoms with Crippen molar-refractivity contribution in [2.75, 3.05) is 19.6 Å². The Hall–Kier alpha value is -1.10. The monoisotopic (exact) mass is 271 g/mol. The molecule has 0 saturated heterocycles. The lowest BCUT2D eigenvalue weighted by Crippen LogP contribution is -2.50. The van der Waals surface area contributed by atoms with E-state index in [1.807, 2.05) is 53.4 Å². The van der Waals surface area contributed by atoms with Gasteiger partial charge in [-0.2, -0.15) is 0 Å². The number of hydrogen-bond donors (Lipinski definition) is 2. The van der Waals surface area contributed by atoms with E-state index in [9.17, 15) is 9.59 Å². The summed E-state index contributed by atoms with van der Waals surface area (Å²) in [6.45, 7) is 14.7. The van der Waals surface area contributed by atoms with E-state index in [-0.39, 0.29) is 36.0 Å². The van der Waals surface area contributed by atoms with Crippen molar-refractivity contribution in [3.05, 3.63) is 0 Å². The second kappa shape index (κ2) is 6.89. The van der Waals surface area contributed by atoms with Crippen LogP contribution >= 0.6 is 0 Å². The van der Waals surface area contributed by atoms with Crippen LogP contribution in [-0.4, -0.2) is 47.4 Å². The van der Waals surface area contributed by atoms with Gasteiger partial charge in [0.2, 0.25) is 11.8 Å². The zero-order valence-corrected chi connectivity index (χ0v) is 13.4. The van der Waals surface area contributed by atoms with Gasteiger partial charge in [0.15, 0.2) is 0 Å². The van der Waals surface area contributed by atoms with E-state index < -0.39 is 0 Å². The van der Waals surface area contributed by atoms with Crippen LogP contribution < -0.4 is 10.6 Å². The molecular formula is C14H29N3O2. The summed E-state index contributed by atoms with van der Waals surface area (Å²) in [7, 11) is 0. The molecule has 0 radical (unpaired) electrons. The zero-order chi connectivity index (χ0) is 15.3. The van der Waals surface area contributed by atoms with E-state index in [1.165, 1.54) is 0 Å². The number of carbonyl (C=O) groups excluding carboxylic acids is 2. The highest BCUT2D eigenvalue weighted by Crippen LogP contribution is 2.00. The summed E-state index contributed by atoms with van der Waals surface area (Å²) in [5.41, 5.74) is -0.492. The SMILES string of the molecule is CCN(CC(=O)NC(C)(C)C)CC(=O)NC(C)(C)C. The van der Waals surface area contributed by atoms with Gasteiger partial charge in [-0.3, -0.25) is 14.5 Å². The maximum Gasteiger partial charge on any atom is 0.234 e. The van der Waals surface area contributed by atoms with Crippen molar-refractivity contribution >= 4 is 11.8 Å². The van der Waals surface area contributed by atoms with Crippen molar-refractivity contribution in [3.8, 4) is 0 Å². The first-order chi connectivity index (χ1) is 8.43. The fourth-order valence-corrected chi connectivity index (χ4v) is 1.60. The third-order valence-corrected chi connectivity index (χ3v) is 2.21. The highest BCUT2D eigenvalue weighted by Gasteiger charge is 2.19. The number of rotatable bonds is 5. The summed E-state index contributed by atoms with van der Waals surface area (Å²) in [4.78, 5) is 25.4. The molecule has 5 heteroatoms. The summed E-state index contributed by atoms with van der Waals surface area (Å²) in [6.07, 6.45) is 0. The number of nitrogens with zero attached hydrogens (tertiary/aromatic N) is 1. The minimum absolute atomic E-state index is 0.0575. The predicted octanol–water partition coefficient (Wildman–Crippen LogP) is 1.14. The Bertz CT molecular complexity index is 284. The molecule has 2 N–H and O–H groups in total. The molecule has 0 atom stereocenters. The second-order valence-electron chi connectivity index (χ2n) is 6.90. The molecule has 0 fully saturated rings. The molecule has 0 bridgehead atoms. The smallest absolute Gasteiger partial charge is 0.234 e. The fourth-order valence-electron chi connectivity index (χ4n) is 1.60. The third-order valence-electron chi connectivity index (χ3n) is 2.21. The van der Waals surface area contributed by atoms with E-state index in [0.717, 1.165) is 0 Å². The minimum atomic E-state index is -0.246. The Balaban J connectivity index is 4.29. The molecule has 2 amide bonds. The van der Waals surface area contributed by atoms with Gasteiger partial charge in [0, 0.05) is 11.1 Å². The van der Waals surface area contributed by atoms with Crippen LogP contribution in [0.3, 0.4) is 0 Å². The van der Waals surface area contributed by atoms with Gasteiger partial charge in [-0.1, -0.05) is 6.92 Å². The standard InChI is InChI=1S/C14H29N3O2/c1-8-17(9-11(18)15-13(2,3)4)10-12(19)16-14(5,6)7/h8-10H2,1-7H3,(H,15,18)(H,16,19). The summed E-state index contributed by atoms with van der Waals surface area (Å²) in [5, 5.41) is 5.79. The Kier molecular flexibility index (Phi) is 6.49. The fraction of sp³-hybridized carbons (Fsp3) is 0.857. The first-order valence-electron chi connectivity index (χ1n) is 6.77. The van der Waals surface area contributed by atoms with E-state index in [1.54, 1.807) is 0 Å². The molecule has 0 aromatic heterocycles. The van der Waals surface area contributed by atoms with Crippen LogP contribution in [0.15, 0.2) is 0 Å². The average molecular weight is 271 g/mol. The molecule has 19 heavy (non-hydrogen) atoms. The van der Waals surface area contributed by atoms with Crippen molar-refractivity contribution in [1.29, 1.82) is 0 Å². The molecule has 0 saturated carbocycles. The Morgan fingerprint density at radius 2 is 1.16 bits per heavy atom. The number of nitrogens with one attached hydrogen (secondary N) is 2. The number of likely N-dealkylation sites (N-methyl/N-ethyl adjacent to an activating group) is 1. The molecule has 0 rings (SSSR count). The van der Waals surface area contributed by atoms with Crippen LogP contribution in [0, 0.1) is 0 Å². The Morgan fingerprint density at radius 3 is 1.37 bits per heavy atom. The van der Waals surface area contributed by atoms with Crippen molar-refractivity contribution < 1.29 is 9.59 Å². The van der Waals surface area contributed by atoms with E-state index in [2.05, 4.69) is 10.6 Å². The van der Waals surface area contributed by atoms with Crippen LogP contribution in [0.5, 0.6) is 0 Å². The number of amides is 2. The predicted molar refractivity (Wildman–Crippen MR) is 77.9 cm³/mol. The highest BCUT2D eigenvalue weighted by molar-refractivity contribution is 5.81. The molecule has 0 spiro atoms. The molecule has 112 valence electrons. The lowest BCUT2D eigenvalue weighted by molar-refractivity contribution is -0.126. The summed E-state index contributed by atoms with van der Waals surface area (Å²) < 4.78 is 0. The lowest BCUT2D eigenvalue weighted by atomic mass is 10.1. The topological polar surface area (TPSA) is 61.4 Å². The van der Waals surface area contributed by atoms with Crippen LogP contribution in [0.4, 0.5) is 0 Å². The second-order valence-corrected chi connectivity index (χ2v) is 6.90. The summed E-state index contributed by atoms with van der Waals surface area (Å²) >= 11 is 0. The van der Waals surface area contributed by atoms with Gasteiger partial charge >= 0.3 is 0 Å². The molecule has 0 heterocycles. The van der Waals surface area contributed by atoms with Gasteiger partial charge in [-0.05, 0) is 48.1 Å². The molecule has 0 aliphatic heterocycles. The molecule has 5 nitrogen and oxygen atoms in total. The van der Waals surface area contributed by atoms with Gasteiger partial charge in [0.25, 0.3) is 0 Å². The molecule has 0 aliphatic carbocycles. The lowest BCUT2D eigenvalue weighted by Gasteiger charge is -2.26. The largest absolute Gasteiger partial charge is 0.350 e. The Labute approximate surface area is 117 Å². The van der Waals surface area contributed by atoms with Gasteiger partial charge in [-0.15, -0.1) is 0 Å². The zero-order valence-electron chi connectivity index (χ0n) is 13.4. The Morgan fingerprint density at radius 1 is 0.842 bits per heavy atom. The van der Waals surface area contributed by atoms with Crippen LogP contribution in [-0.2, 0) is 9.59 Å². The van der Waals surface area contributed by atoms with Gasteiger partial charge in [-0.25, -0.2) is 0 Å². The van der Waals surface area contributed by atoms with Gasteiger partial charge in [0.1, 0.15) is 0 Å².